The molecule has 0 aliphatic heterocycles. The van der Waals surface area contributed by atoms with Crippen molar-refractivity contribution >= 4 is 0 Å². The number of alkyl halides is 3. The van der Waals surface area contributed by atoms with Gasteiger partial charge in [0.25, 0.3) is 0 Å². The minimum Gasteiger partial charge on any atom is -0.383 e. The van der Waals surface area contributed by atoms with Crippen molar-refractivity contribution in [2.45, 2.75) is 26.1 Å². The number of hydrogen-bond donors (Lipinski definition) is 1. The molecule has 0 aliphatic rings. The zero-order chi connectivity index (χ0) is 12.6. The number of nitrogens with zero attached hydrogens (tertiary/aromatic N) is 1. The monoisotopic (exact) mass is 242 g/mol. The highest BCUT2D eigenvalue weighted by Gasteiger charge is 2.26. The van der Waals surface area contributed by atoms with E-state index in [1.165, 1.54) is 0 Å². The van der Waals surface area contributed by atoms with Crippen molar-refractivity contribution in [1.82, 2.24) is 10.2 Å². The molecule has 1 N–H and O–H groups in total. The minimum absolute atomic E-state index is 0.225. The summed E-state index contributed by atoms with van der Waals surface area (Å²) in [5.74, 6) is 0. The van der Waals surface area contributed by atoms with E-state index >= 15 is 0 Å². The zero-order valence-corrected chi connectivity index (χ0v) is 10.1. The molecule has 1 unspecified atom stereocenters. The van der Waals surface area contributed by atoms with Crippen LogP contribution in [0.25, 0.3) is 0 Å². The smallest absolute Gasteiger partial charge is 0.383 e. The van der Waals surface area contributed by atoms with Gasteiger partial charge in [-0.15, -0.1) is 0 Å². The molecule has 0 spiro atoms. The Morgan fingerprint density at radius 3 is 2.44 bits per heavy atom. The third kappa shape index (κ3) is 7.90. The van der Waals surface area contributed by atoms with E-state index in [0.29, 0.717) is 19.7 Å². The molecule has 0 amide bonds. The summed E-state index contributed by atoms with van der Waals surface area (Å²) in [6, 6.07) is 0.225. The molecular formula is C10H21F3N2O. The number of likely N-dealkylation sites (N-methyl/N-ethyl adjacent to an activating group) is 1. The molecule has 1 atom stereocenters. The Hall–Kier alpha value is -0.330. The van der Waals surface area contributed by atoms with Gasteiger partial charge in [-0.1, -0.05) is 6.92 Å². The molecule has 0 heterocycles. The first kappa shape index (κ1) is 15.7. The van der Waals surface area contributed by atoms with Crippen LogP contribution in [-0.4, -0.2) is 57.0 Å². The van der Waals surface area contributed by atoms with E-state index in [2.05, 4.69) is 10.2 Å². The van der Waals surface area contributed by atoms with Crippen molar-refractivity contribution in [3.8, 4) is 0 Å². The number of nitrogens with one attached hydrogen (secondary N) is 1. The molecule has 0 radical (unpaired) electrons. The standard InChI is InChI=1S/C10H21F3N2O/c1-4-15(9(2)7-16-3)6-5-14-8-10(11,12)13/h9,14H,4-8H2,1-3H3. The summed E-state index contributed by atoms with van der Waals surface area (Å²) in [5.41, 5.74) is 0. The van der Waals surface area contributed by atoms with Gasteiger partial charge < -0.3 is 10.1 Å². The Balaban J connectivity index is 3.71. The Labute approximate surface area is 94.9 Å². The van der Waals surface area contributed by atoms with Gasteiger partial charge in [-0.25, -0.2) is 0 Å². The first-order valence-electron chi connectivity index (χ1n) is 5.41. The van der Waals surface area contributed by atoms with E-state index < -0.39 is 12.7 Å². The summed E-state index contributed by atoms with van der Waals surface area (Å²) in [4.78, 5) is 2.08. The van der Waals surface area contributed by atoms with Crippen molar-refractivity contribution in [3.63, 3.8) is 0 Å². The summed E-state index contributed by atoms with van der Waals surface area (Å²) < 4.78 is 40.5. The first-order chi connectivity index (χ1) is 7.40. The van der Waals surface area contributed by atoms with Gasteiger partial charge in [0.05, 0.1) is 13.2 Å². The maximum Gasteiger partial charge on any atom is 0.401 e. The predicted octanol–water partition coefficient (Wildman–Crippen LogP) is 1.50. The number of halogens is 3. The summed E-state index contributed by atoms with van der Waals surface area (Å²) in [6.45, 7) is 5.37. The lowest BCUT2D eigenvalue weighted by Gasteiger charge is -2.27. The van der Waals surface area contributed by atoms with Crippen LogP contribution in [0, 0.1) is 0 Å². The topological polar surface area (TPSA) is 24.5 Å². The Morgan fingerprint density at radius 2 is 2.00 bits per heavy atom. The van der Waals surface area contributed by atoms with Gasteiger partial charge in [0.15, 0.2) is 0 Å². The number of hydrogen-bond acceptors (Lipinski definition) is 3. The van der Waals surface area contributed by atoms with Crippen LogP contribution in [0.2, 0.25) is 0 Å². The van der Waals surface area contributed by atoms with E-state index in [9.17, 15) is 13.2 Å². The third-order valence-electron chi connectivity index (χ3n) is 2.34. The second-order valence-corrected chi connectivity index (χ2v) is 3.72. The maximum absolute atomic E-state index is 11.8. The van der Waals surface area contributed by atoms with Gasteiger partial charge in [0.2, 0.25) is 0 Å². The molecule has 3 nitrogen and oxygen atoms in total. The van der Waals surface area contributed by atoms with Crippen molar-refractivity contribution in [2.75, 3.05) is 39.9 Å². The molecule has 0 saturated carbocycles. The molecule has 0 rings (SSSR count). The van der Waals surface area contributed by atoms with Crippen LogP contribution >= 0.6 is 0 Å². The molecule has 16 heavy (non-hydrogen) atoms. The van der Waals surface area contributed by atoms with E-state index in [0.717, 1.165) is 6.54 Å². The van der Waals surface area contributed by atoms with Crippen LogP contribution in [-0.2, 0) is 4.74 Å². The quantitative estimate of drug-likeness (QED) is 0.653. The van der Waals surface area contributed by atoms with Crippen LogP contribution in [0.3, 0.4) is 0 Å². The molecule has 0 aromatic rings. The van der Waals surface area contributed by atoms with Gasteiger partial charge >= 0.3 is 6.18 Å². The summed E-state index contributed by atoms with van der Waals surface area (Å²) in [6.07, 6.45) is -4.13. The van der Waals surface area contributed by atoms with Gasteiger partial charge in [0.1, 0.15) is 0 Å². The highest BCUT2D eigenvalue weighted by Crippen LogP contribution is 2.11. The van der Waals surface area contributed by atoms with Crippen LogP contribution in [0.1, 0.15) is 13.8 Å². The van der Waals surface area contributed by atoms with Crippen LogP contribution in [0.15, 0.2) is 0 Å². The third-order valence-corrected chi connectivity index (χ3v) is 2.34. The Bertz CT molecular complexity index is 176. The van der Waals surface area contributed by atoms with Gasteiger partial charge in [-0.2, -0.15) is 13.2 Å². The average molecular weight is 242 g/mol. The van der Waals surface area contributed by atoms with Crippen molar-refractivity contribution < 1.29 is 17.9 Å². The highest BCUT2D eigenvalue weighted by molar-refractivity contribution is 4.67. The number of ether oxygens (including phenoxy) is 1. The molecule has 0 saturated heterocycles. The largest absolute Gasteiger partial charge is 0.401 e. The molecule has 6 heteroatoms. The van der Waals surface area contributed by atoms with Crippen LogP contribution in [0.4, 0.5) is 13.2 Å². The molecule has 0 bridgehead atoms. The zero-order valence-electron chi connectivity index (χ0n) is 10.1. The van der Waals surface area contributed by atoms with E-state index in [1.807, 2.05) is 13.8 Å². The van der Waals surface area contributed by atoms with Gasteiger partial charge in [0, 0.05) is 26.2 Å². The van der Waals surface area contributed by atoms with E-state index in [1.54, 1.807) is 7.11 Å². The summed E-state index contributed by atoms with van der Waals surface area (Å²) in [7, 11) is 1.62. The molecule has 98 valence electrons. The lowest BCUT2D eigenvalue weighted by molar-refractivity contribution is -0.124. The van der Waals surface area contributed by atoms with E-state index in [-0.39, 0.29) is 6.04 Å². The van der Waals surface area contributed by atoms with E-state index in [4.69, 9.17) is 4.74 Å². The predicted molar refractivity (Wildman–Crippen MR) is 57.5 cm³/mol. The molecule has 0 aromatic carbocycles. The van der Waals surface area contributed by atoms with Gasteiger partial charge in [-0.05, 0) is 13.5 Å². The lowest BCUT2D eigenvalue weighted by Crippen LogP contribution is -2.42. The molecule has 0 aromatic heterocycles. The number of methoxy groups -OCH3 is 1. The fourth-order valence-corrected chi connectivity index (χ4v) is 1.49. The van der Waals surface area contributed by atoms with Crippen LogP contribution in [0.5, 0.6) is 0 Å². The molecular weight excluding hydrogens is 221 g/mol. The Morgan fingerprint density at radius 1 is 1.38 bits per heavy atom. The second kappa shape index (κ2) is 7.86. The average Bonchev–Trinajstić information content (AvgIpc) is 2.16. The maximum atomic E-state index is 11.8. The fourth-order valence-electron chi connectivity index (χ4n) is 1.49. The van der Waals surface area contributed by atoms with Crippen molar-refractivity contribution in [2.24, 2.45) is 0 Å². The highest BCUT2D eigenvalue weighted by atomic mass is 19.4. The minimum atomic E-state index is -4.13. The Kier molecular flexibility index (Phi) is 7.70. The van der Waals surface area contributed by atoms with Crippen molar-refractivity contribution in [1.29, 1.82) is 0 Å². The fraction of sp³-hybridized carbons (Fsp3) is 1.00. The molecule has 0 aliphatic carbocycles. The number of rotatable bonds is 8. The summed E-state index contributed by atoms with van der Waals surface area (Å²) in [5, 5.41) is 2.38. The SMILES string of the molecule is CCN(CCNCC(F)(F)F)C(C)COC. The normalized spacial score (nSPS) is 14.4. The summed E-state index contributed by atoms with van der Waals surface area (Å²) >= 11 is 0. The van der Waals surface area contributed by atoms with Gasteiger partial charge in [-0.3, -0.25) is 4.90 Å². The van der Waals surface area contributed by atoms with Crippen molar-refractivity contribution in [3.05, 3.63) is 0 Å². The van der Waals surface area contributed by atoms with Crippen LogP contribution < -0.4 is 5.32 Å². The second-order valence-electron chi connectivity index (χ2n) is 3.72. The first-order valence-corrected chi connectivity index (χ1v) is 5.41. The molecule has 0 fully saturated rings. The lowest BCUT2D eigenvalue weighted by atomic mass is 10.3.